The van der Waals surface area contributed by atoms with Gasteiger partial charge in [-0.05, 0) is 19.2 Å². The van der Waals surface area contributed by atoms with E-state index in [-0.39, 0.29) is 0 Å². The molecule has 6 heteroatoms. The standard InChI is InChI=1S/C14H19N5S/c1-10-9-19(8-7-15-10)14-16-13(17-18-14)11-5-3-4-6-12(11)20-2/h3-6,10,15H,7-9H2,1-2H3,(H,16,17,18)/t10-/m0/s1. The number of hydrogen-bond donors (Lipinski definition) is 2. The minimum atomic E-state index is 0.476. The van der Waals surface area contributed by atoms with Crippen LogP contribution in [0.1, 0.15) is 6.92 Å². The Morgan fingerprint density at radius 2 is 2.20 bits per heavy atom. The minimum Gasteiger partial charge on any atom is -0.337 e. The van der Waals surface area contributed by atoms with Crippen molar-refractivity contribution in [1.29, 1.82) is 0 Å². The number of hydrogen-bond acceptors (Lipinski definition) is 5. The molecule has 2 heterocycles. The number of nitrogens with one attached hydrogen (secondary N) is 2. The van der Waals surface area contributed by atoms with Gasteiger partial charge in [0.2, 0.25) is 5.95 Å². The van der Waals surface area contributed by atoms with Gasteiger partial charge in [-0.3, -0.25) is 5.10 Å². The van der Waals surface area contributed by atoms with Crippen molar-refractivity contribution in [3.05, 3.63) is 24.3 Å². The Hall–Kier alpha value is -1.53. The number of anilines is 1. The van der Waals surface area contributed by atoms with E-state index in [0.29, 0.717) is 6.04 Å². The number of thioether (sulfide) groups is 1. The molecule has 1 saturated heterocycles. The molecule has 0 saturated carbocycles. The fourth-order valence-electron chi connectivity index (χ4n) is 2.47. The molecule has 106 valence electrons. The van der Waals surface area contributed by atoms with Crippen LogP contribution in [0.5, 0.6) is 0 Å². The summed E-state index contributed by atoms with van der Waals surface area (Å²) in [5.74, 6) is 1.64. The molecule has 1 aromatic heterocycles. The molecule has 1 aliphatic heterocycles. The van der Waals surface area contributed by atoms with Gasteiger partial charge in [0, 0.05) is 36.1 Å². The van der Waals surface area contributed by atoms with Crippen molar-refractivity contribution in [3.8, 4) is 11.4 Å². The van der Waals surface area contributed by atoms with Crippen molar-refractivity contribution in [3.63, 3.8) is 0 Å². The largest absolute Gasteiger partial charge is 0.337 e. The highest BCUT2D eigenvalue weighted by atomic mass is 32.2. The first-order valence-electron chi connectivity index (χ1n) is 6.82. The molecular weight excluding hydrogens is 270 g/mol. The van der Waals surface area contributed by atoms with Crippen LogP contribution in [0.4, 0.5) is 5.95 Å². The summed E-state index contributed by atoms with van der Waals surface area (Å²) in [6.07, 6.45) is 2.08. The van der Waals surface area contributed by atoms with Gasteiger partial charge in [0.15, 0.2) is 5.82 Å². The Kier molecular flexibility index (Phi) is 3.93. The fraction of sp³-hybridized carbons (Fsp3) is 0.429. The molecular formula is C14H19N5S. The van der Waals surface area contributed by atoms with Crippen molar-refractivity contribution >= 4 is 17.7 Å². The topological polar surface area (TPSA) is 56.8 Å². The maximum absolute atomic E-state index is 4.67. The second-order valence-corrected chi connectivity index (χ2v) is 5.83. The Morgan fingerprint density at radius 3 is 3.00 bits per heavy atom. The third kappa shape index (κ3) is 2.66. The van der Waals surface area contributed by atoms with Gasteiger partial charge in [0.05, 0.1) is 0 Å². The van der Waals surface area contributed by atoms with Gasteiger partial charge in [-0.15, -0.1) is 16.9 Å². The molecule has 0 radical (unpaired) electrons. The first-order chi connectivity index (χ1) is 9.78. The molecule has 3 rings (SSSR count). The van der Waals surface area contributed by atoms with Gasteiger partial charge >= 0.3 is 0 Å². The van der Waals surface area contributed by atoms with Crippen molar-refractivity contribution in [2.75, 3.05) is 30.8 Å². The van der Waals surface area contributed by atoms with Crippen LogP contribution >= 0.6 is 11.8 Å². The van der Waals surface area contributed by atoms with Gasteiger partial charge in [-0.2, -0.15) is 4.98 Å². The number of nitrogens with zero attached hydrogens (tertiary/aromatic N) is 3. The van der Waals surface area contributed by atoms with Crippen LogP contribution in [0.2, 0.25) is 0 Å². The highest BCUT2D eigenvalue weighted by molar-refractivity contribution is 7.98. The van der Waals surface area contributed by atoms with Crippen molar-refractivity contribution in [2.24, 2.45) is 0 Å². The van der Waals surface area contributed by atoms with Gasteiger partial charge in [-0.25, -0.2) is 0 Å². The second-order valence-electron chi connectivity index (χ2n) is 4.99. The quantitative estimate of drug-likeness (QED) is 0.846. The lowest BCUT2D eigenvalue weighted by molar-refractivity contribution is 0.480. The summed E-state index contributed by atoms with van der Waals surface area (Å²) < 4.78 is 0. The summed E-state index contributed by atoms with van der Waals surface area (Å²) in [6.45, 7) is 5.06. The molecule has 0 unspecified atom stereocenters. The van der Waals surface area contributed by atoms with E-state index in [0.717, 1.165) is 37.0 Å². The van der Waals surface area contributed by atoms with E-state index in [1.807, 2.05) is 12.1 Å². The highest BCUT2D eigenvalue weighted by Gasteiger charge is 2.20. The summed E-state index contributed by atoms with van der Waals surface area (Å²) in [5, 5.41) is 10.9. The van der Waals surface area contributed by atoms with Gasteiger partial charge in [0.25, 0.3) is 0 Å². The van der Waals surface area contributed by atoms with Crippen molar-refractivity contribution in [1.82, 2.24) is 20.5 Å². The monoisotopic (exact) mass is 289 g/mol. The lowest BCUT2D eigenvalue weighted by Gasteiger charge is -2.30. The highest BCUT2D eigenvalue weighted by Crippen LogP contribution is 2.28. The predicted octanol–water partition coefficient (Wildman–Crippen LogP) is 1.99. The van der Waals surface area contributed by atoms with Gasteiger partial charge in [0.1, 0.15) is 0 Å². The SMILES string of the molecule is CSc1ccccc1-c1nc(N2CCN[C@@H](C)C2)n[nH]1. The Labute approximate surface area is 123 Å². The van der Waals surface area contributed by atoms with E-state index in [1.165, 1.54) is 4.90 Å². The molecule has 2 N–H and O–H groups in total. The first-order valence-corrected chi connectivity index (χ1v) is 8.04. The molecule has 1 atom stereocenters. The zero-order valence-corrected chi connectivity index (χ0v) is 12.6. The van der Waals surface area contributed by atoms with Crippen LogP contribution < -0.4 is 10.2 Å². The van der Waals surface area contributed by atoms with E-state index in [1.54, 1.807) is 11.8 Å². The summed E-state index contributed by atoms with van der Waals surface area (Å²) >= 11 is 1.72. The smallest absolute Gasteiger partial charge is 0.245 e. The average molecular weight is 289 g/mol. The van der Waals surface area contributed by atoms with E-state index in [2.05, 4.69) is 50.7 Å². The van der Waals surface area contributed by atoms with E-state index in [4.69, 9.17) is 0 Å². The Balaban J connectivity index is 1.86. The Morgan fingerprint density at radius 1 is 1.35 bits per heavy atom. The third-order valence-electron chi connectivity index (χ3n) is 3.49. The number of aromatic nitrogens is 3. The zero-order chi connectivity index (χ0) is 13.9. The summed E-state index contributed by atoms with van der Waals surface area (Å²) in [5.41, 5.74) is 1.11. The molecule has 1 fully saturated rings. The van der Waals surface area contributed by atoms with E-state index in [9.17, 15) is 0 Å². The van der Waals surface area contributed by atoms with Gasteiger partial charge < -0.3 is 10.2 Å². The van der Waals surface area contributed by atoms with E-state index < -0.39 is 0 Å². The van der Waals surface area contributed by atoms with Crippen LogP contribution in [0.15, 0.2) is 29.2 Å². The van der Waals surface area contributed by atoms with Crippen molar-refractivity contribution < 1.29 is 0 Å². The maximum Gasteiger partial charge on any atom is 0.245 e. The molecule has 0 amide bonds. The number of benzene rings is 1. The predicted molar refractivity (Wildman–Crippen MR) is 83.3 cm³/mol. The lowest BCUT2D eigenvalue weighted by atomic mass is 10.2. The van der Waals surface area contributed by atoms with Crippen molar-refractivity contribution in [2.45, 2.75) is 17.9 Å². The molecule has 0 bridgehead atoms. The second kappa shape index (κ2) is 5.85. The normalized spacial score (nSPS) is 19.3. The first kappa shape index (κ1) is 13.5. The maximum atomic E-state index is 4.67. The molecule has 1 aliphatic rings. The summed E-state index contributed by atoms with van der Waals surface area (Å²) in [6, 6.07) is 8.74. The average Bonchev–Trinajstić information content (AvgIpc) is 2.97. The number of H-pyrrole nitrogens is 1. The van der Waals surface area contributed by atoms with Crippen LogP contribution in [-0.4, -0.2) is 47.1 Å². The number of rotatable bonds is 3. The molecule has 2 aromatic rings. The fourth-order valence-corrected chi connectivity index (χ4v) is 3.07. The lowest BCUT2D eigenvalue weighted by Crippen LogP contribution is -2.49. The summed E-state index contributed by atoms with van der Waals surface area (Å²) in [7, 11) is 0. The minimum absolute atomic E-state index is 0.476. The van der Waals surface area contributed by atoms with E-state index >= 15 is 0 Å². The van der Waals surface area contributed by atoms with Crippen LogP contribution in [0.25, 0.3) is 11.4 Å². The van der Waals surface area contributed by atoms with Gasteiger partial charge in [-0.1, -0.05) is 18.2 Å². The van der Waals surface area contributed by atoms with Crippen LogP contribution in [-0.2, 0) is 0 Å². The van der Waals surface area contributed by atoms with Crippen LogP contribution in [0.3, 0.4) is 0 Å². The molecule has 5 nitrogen and oxygen atoms in total. The molecule has 0 aliphatic carbocycles. The van der Waals surface area contributed by atoms with Crippen LogP contribution in [0, 0.1) is 0 Å². The molecule has 20 heavy (non-hydrogen) atoms. The summed E-state index contributed by atoms with van der Waals surface area (Å²) in [4.78, 5) is 8.10. The number of aromatic amines is 1. The number of piperazine rings is 1. The molecule has 0 spiro atoms. The third-order valence-corrected chi connectivity index (χ3v) is 4.28. The Bertz CT molecular complexity index is 582. The molecule has 1 aromatic carbocycles. The zero-order valence-electron chi connectivity index (χ0n) is 11.8.